The summed E-state index contributed by atoms with van der Waals surface area (Å²) in [6.45, 7) is 2.36. The average Bonchev–Trinajstić information content (AvgIpc) is 2.99. The number of nitrogens with zero attached hydrogens (tertiary/aromatic N) is 1. The summed E-state index contributed by atoms with van der Waals surface area (Å²) < 4.78 is 5.70. The number of amides is 2. The number of nitrogens with one attached hydrogen (secondary N) is 1. The van der Waals surface area contributed by atoms with Crippen molar-refractivity contribution in [2.75, 3.05) is 26.2 Å². The Hall–Kier alpha value is -2.82. The van der Waals surface area contributed by atoms with Gasteiger partial charge in [0.1, 0.15) is 6.61 Å². The molecule has 2 aliphatic heterocycles. The SMILES string of the molecule is O=C1CCC2(CN1)CN(C(=O)OCC1c3ccccc3-c3ccccc31)C2. The van der Waals surface area contributed by atoms with Crippen LogP contribution in [-0.4, -0.2) is 43.1 Å². The Kier molecular flexibility index (Phi) is 3.71. The molecule has 2 aromatic rings. The second-order valence-electron chi connectivity index (χ2n) is 7.94. The van der Waals surface area contributed by atoms with Crippen molar-refractivity contribution in [3.63, 3.8) is 0 Å². The number of benzene rings is 2. The predicted molar refractivity (Wildman–Crippen MR) is 101 cm³/mol. The number of carbonyl (C=O) groups excluding carboxylic acids is 2. The zero-order valence-electron chi connectivity index (χ0n) is 15.1. The van der Waals surface area contributed by atoms with E-state index < -0.39 is 0 Å². The van der Waals surface area contributed by atoms with Crippen LogP contribution in [-0.2, 0) is 9.53 Å². The maximum absolute atomic E-state index is 12.5. The van der Waals surface area contributed by atoms with Crippen LogP contribution in [0.5, 0.6) is 0 Å². The molecule has 2 aromatic carbocycles. The first-order valence-corrected chi connectivity index (χ1v) is 9.52. The fourth-order valence-corrected chi connectivity index (χ4v) is 4.69. The third kappa shape index (κ3) is 2.69. The van der Waals surface area contributed by atoms with Crippen LogP contribution < -0.4 is 5.32 Å². The molecule has 5 heteroatoms. The van der Waals surface area contributed by atoms with E-state index in [1.165, 1.54) is 22.3 Å². The van der Waals surface area contributed by atoms with Crippen LogP contribution in [0.4, 0.5) is 4.79 Å². The quantitative estimate of drug-likeness (QED) is 0.893. The fourth-order valence-electron chi connectivity index (χ4n) is 4.69. The minimum absolute atomic E-state index is 0.0550. The van der Waals surface area contributed by atoms with E-state index in [1.807, 2.05) is 24.3 Å². The van der Waals surface area contributed by atoms with Gasteiger partial charge in [-0.25, -0.2) is 4.79 Å². The third-order valence-corrected chi connectivity index (χ3v) is 6.19. The van der Waals surface area contributed by atoms with Gasteiger partial charge in [0.25, 0.3) is 0 Å². The normalized spacial score (nSPS) is 19.9. The third-order valence-electron chi connectivity index (χ3n) is 6.19. The van der Waals surface area contributed by atoms with Crippen LogP contribution in [0.2, 0.25) is 0 Å². The lowest BCUT2D eigenvalue weighted by Crippen LogP contribution is -2.64. The van der Waals surface area contributed by atoms with Crippen molar-refractivity contribution in [3.05, 3.63) is 59.7 Å². The maximum atomic E-state index is 12.5. The number of rotatable bonds is 2. The standard InChI is InChI=1S/C22H22N2O3/c25-20-9-10-22(12-23-20)13-24(14-22)21(26)27-11-19-17-7-3-1-5-15(17)16-6-2-4-8-18(16)19/h1-8,19H,9-14H2,(H,23,25). The topological polar surface area (TPSA) is 58.6 Å². The molecule has 2 amide bonds. The molecule has 2 saturated heterocycles. The fraction of sp³-hybridized carbons (Fsp3) is 0.364. The average molecular weight is 362 g/mol. The molecule has 1 spiro atoms. The van der Waals surface area contributed by atoms with E-state index in [1.54, 1.807) is 4.90 Å². The first-order valence-electron chi connectivity index (χ1n) is 9.52. The van der Waals surface area contributed by atoms with E-state index >= 15 is 0 Å². The van der Waals surface area contributed by atoms with Crippen LogP contribution in [0.1, 0.15) is 29.9 Å². The molecule has 138 valence electrons. The largest absolute Gasteiger partial charge is 0.448 e. The van der Waals surface area contributed by atoms with Gasteiger partial charge in [0, 0.05) is 37.4 Å². The van der Waals surface area contributed by atoms with Gasteiger partial charge in [-0.3, -0.25) is 4.79 Å². The minimum atomic E-state index is -0.251. The van der Waals surface area contributed by atoms with Crippen molar-refractivity contribution in [3.8, 4) is 11.1 Å². The Balaban J connectivity index is 1.25. The van der Waals surface area contributed by atoms with Gasteiger partial charge in [-0.05, 0) is 28.7 Å². The molecule has 27 heavy (non-hydrogen) atoms. The molecular formula is C22H22N2O3. The van der Waals surface area contributed by atoms with E-state index in [9.17, 15) is 9.59 Å². The number of piperidine rings is 1. The van der Waals surface area contributed by atoms with Crippen LogP contribution in [0, 0.1) is 5.41 Å². The number of hydrogen-bond donors (Lipinski definition) is 1. The number of carbonyl (C=O) groups is 2. The summed E-state index contributed by atoms with van der Waals surface area (Å²) in [5, 5.41) is 2.92. The summed E-state index contributed by atoms with van der Waals surface area (Å²) in [5.41, 5.74) is 4.97. The van der Waals surface area contributed by atoms with Crippen LogP contribution in [0.25, 0.3) is 11.1 Å². The summed E-state index contributed by atoms with van der Waals surface area (Å²) in [7, 11) is 0. The lowest BCUT2D eigenvalue weighted by molar-refractivity contribution is -0.127. The van der Waals surface area contributed by atoms with E-state index in [4.69, 9.17) is 4.74 Å². The molecule has 0 atom stereocenters. The van der Waals surface area contributed by atoms with Gasteiger partial charge in [-0.15, -0.1) is 0 Å². The van der Waals surface area contributed by atoms with Gasteiger partial charge in [0.2, 0.25) is 5.91 Å². The van der Waals surface area contributed by atoms with Gasteiger partial charge in [-0.1, -0.05) is 48.5 Å². The second kappa shape index (κ2) is 6.12. The summed E-state index contributed by atoms with van der Waals surface area (Å²) in [6.07, 6.45) is 1.16. The van der Waals surface area contributed by atoms with Crippen LogP contribution >= 0.6 is 0 Å². The Bertz CT molecular complexity index is 860. The highest BCUT2D eigenvalue weighted by atomic mass is 16.6. The molecule has 2 fully saturated rings. The van der Waals surface area contributed by atoms with Crippen molar-refractivity contribution >= 4 is 12.0 Å². The molecular weight excluding hydrogens is 340 g/mol. The first-order chi connectivity index (χ1) is 13.2. The lowest BCUT2D eigenvalue weighted by Gasteiger charge is -2.51. The van der Waals surface area contributed by atoms with Crippen molar-refractivity contribution < 1.29 is 14.3 Å². The molecule has 5 rings (SSSR count). The highest BCUT2D eigenvalue weighted by Gasteiger charge is 2.47. The Morgan fingerprint density at radius 2 is 1.70 bits per heavy atom. The Morgan fingerprint density at radius 1 is 1.07 bits per heavy atom. The number of ether oxygens (including phenoxy) is 1. The molecule has 0 saturated carbocycles. The summed E-state index contributed by atoms with van der Waals surface area (Å²) in [6, 6.07) is 16.7. The van der Waals surface area contributed by atoms with Crippen molar-refractivity contribution in [1.82, 2.24) is 10.2 Å². The summed E-state index contributed by atoms with van der Waals surface area (Å²) in [5.74, 6) is 0.200. The van der Waals surface area contributed by atoms with Crippen LogP contribution in [0.3, 0.4) is 0 Å². The van der Waals surface area contributed by atoms with Crippen LogP contribution in [0.15, 0.2) is 48.5 Å². The second-order valence-corrected chi connectivity index (χ2v) is 7.94. The molecule has 1 N–H and O–H groups in total. The molecule has 1 aliphatic carbocycles. The van der Waals surface area contributed by atoms with Gasteiger partial charge < -0.3 is 15.0 Å². The number of likely N-dealkylation sites (tertiary alicyclic amines) is 1. The molecule has 5 nitrogen and oxygen atoms in total. The van der Waals surface area contributed by atoms with Crippen molar-refractivity contribution in [1.29, 1.82) is 0 Å². The first kappa shape index (κ1) is 16.4. The van der Waals surface area contributed by atoms with Gasteiger partial charge in [0.05, 0.1) is 0 Å². The maximum Gasteiger partial charge on any atom is 0.409 e. The van der Waals surface area contributed by atoms with Gasteiger partial charge in [0.15, 0.2) is 0 Å². The van der Waals surface area contributed by atoms with Gasteiger partial charge in [-0.2, -0.15) is 0 Å². The summed E-state index contributed by atoms with van der Waals surface area (Å²) in [4.78, 5) is 25.6. The van der Waals surface area contributed by atoms with E-state index in [2.05, 4.69) is 29.6 Å². The minimum Gasteiger partial charge on any atom is -0.448 e. The molecule has 2 heterocycles. The Morgan fingerprint density at radius 3 is 2.30 bits per heavy atom. The smallest absolute Gasteiger partial charge is 0.409 e. The van der Waals surface area contributed by atoms with E-state index in [-0.39, 0.29) is 23.3 Å². The van der Waals surface area contributed by atoms with E-state index in [0.717, 1.165) is 6.42 Å². The number of fused-ring (bicyclic) bond motifs is 3. The molecule has 0 radical (unpaired) electrons. The molecule has 0 unspecified atom stereocenters. The van der Waals surface area contributed by atoms with Crippen molar-refractivity contribution in [2.45, 2.75) is 18.8 Å². The van der Waals surface area contributed by atoms with Gasteiger partial charge >= 0.3 is 6.09 Å². The highest BCUT2D eigenvalue weighted by molar-refractivity contribution is 5.79. The molecule has 0 bridgehead atoms. The lowest BCUT2D eigenvalue weighted by atomic mass is 9.74. The monoisotopic (exact) mass is 362 g/mol. The zero-order chi connectivity index (χ0) is 18.4. The molecule has 0 aromatic heterocycles. The van der Waals surface area contributed by atoms with E-state index in [0.29, 0.717) is 32.7 Å². The summed E-state index contributed by atoms with van der Waals surface area (Å²) >= 11 is 0. The highest BCUT2D eigenvalue weighted by Crippen LogP contribution is 2.44. The number of hydrogen-bond acceptors (Lipinski definition) is 3. The Labute approximate surface area is 158 Å². The molecule has 3 aliphatic rings. The van der Waals surface area contributed by atoms with Crippen molar-refractivity contribution in [2.24, 2.45) is 5.41 Å². The predicted octanol–water partition coefficient (Wildman–Crippen LogP) is 3.15. The zero-order valence-corrected chi connectivity index (χ0v) is 15.1.